The highest BCUT2D eigenvalue weighted by atomic mass is 16.5. The highest BCUT2D eigenvalue weighted by Crippen LogP contribution is 2.21. The van der Waals surface area contributed by atoms with Gasteiger partial charge in [-0.15, -0.1) is 0 Å². The second-order valence-electron chi connectivity index (χ2n) is 5.11. The molecule has 0 aromatic carbocycles. The number of hydrogen-bond acceptors (Lipinski definition) is 3. The quantitative estimate of drug-likeness (QED) is 0.716. The molecule has 4 heteroatoms. The summed E-state index contributed by atoms with van der Waals surface area (Å²) in [6.07, 6.45) is 2.11. The van der Waals surface area contributed by atoms with Gasteiger partial charge in [0.05, 0.1) is 6.10 Å². The van der Waals surface area contributed by atoms with Gasteiger partial charge in [-0.3, -0.25) is 4.79 Å². The first-order chi connectivity index (χ1) is 8.58. The minimum Gasteiger partial charge on any atom is -0.364 e. The van der Waals surface area contributed by atoms with Gasteiger partial charge in [0, 0.05) is 12.6 Å². The highest BCUT2D eigenvalue weighted by molar-refractivity contribution is 5.81. The molecule has 0 aromatic heterocycles. The fourth-order valence-electron chi connectivity index (χ4n) is 2.69. The van der Waals surface area contributed by atoms with Gasteiger partial charge in [0.15, 0.2) is 0 Å². The van der Waals surface area contributed by atoms with Crippen LogP contribution in [0.15, 0.2) is 0 Å². The molecular formula is C14H28N2O2. The van der Waals surface area contributed by atoms with Gasteiger partial charge < -0.3 is 14.5 Å². The van der Waals surface area contributed by atoms with Crippen molar-refractivity contribution in [2.24, 2.45) is 0 Å². The largest absolute Gasteiger partial charge is 0.364 e. The molecule has 2 aliphatic rings. The zero-order valence-corrected chi connectivity index (χ0v) is 12.5. The van der Waals surface area contributed by atoms with Gasteiger partial charge in [0.2, 0.25) is 0 Å². The predicted octanol–water partition coefficient (Wildman–Crippen LogP) is 1.74. The van der Waals surface area contributed by atoms with Crippen LogP contribution < -0.4 is 0 Å². The van der Waals surface area contributed by atoms with E-state index in [1.54, 1.807) is 0 Å². The number of rotatable bonds is 1. The molecule has 4 nitrogen and oxygen atoms in total. The van der Waals surface area contributed by atoms with Gasteiger partial charge >= 0.3 is 0 Å². The Labute approximate surface area is 111 Å². The lowest BCUT2D eigenvalue weighted by Gasteiger charge is -2.42. The molecule has 0 saturated carbocycles. The van der Waals surface area contributed by atoms with Gasteiger partial charge in [-0.05, 0) is 46.8 Å². The molecule has 2 unspecified atom stereocenters. The lowest BCUT2D eigenvalue weighted by Crippen LogP contribution is -2.56. The van der Waals surface area contributed by atoms with E-state index < -0.39 is 0 Å². The minimum absolute atomic E-state index is 0.173. The molecule has 0 aliphatic carbocycles. The van der Waals surface area contributed by atoms with Gasteiger partial charge in [-0.25, -0.2) is 0 Å². The van der Waals surface area contributed by atoms with Crippen LogP contribution in [-0.2, 0) is 9.53 Å². The minimum atomic E-state index is -0.261. The normalized spacial score (nSPS) is 30.9. The van der Waals surface area contributed by atoms with Gasteiger partial charge in [-0.1, -0.05) is 13.8 Å². The Bertz CT molecular complexity index is 263. The maximum Gasteiger partial charge on any atom is 0.251 e. The molecule has 1 amide bonds. The third-order valence-electron chi connectivity index (χ3n) is 3.65. The first-order valence-corrected chi connectivity index (χ1v) is 7.22. The second kappa shape index (κ2) is 7.10. The van der Waals surface area contributed by atoms with Gasteiger partial charge in [-0.2, -0.15) is 0 Å². The summed E-state index contributed by atoms with van der Waals surface area (Å²) in [5.74, 6) is 0.174. The molecule has 0 spiro atoms. The molecule has 2 rings (SSSR count). The zero-order chi connectivity index (χ0) is 13.7. The Hall–Kier alpha value is -0.610. The molecular weight excluding hydrogens is 228 g/mol. The maximum absolute atomic E-state index is 12.0. The Balaban J connectivity index is 0.000000771. The molecule has 2 heterocycles. The molecule has 2 aliphatic heterocycles. The summed E-state index contributed by atoms with van der Waals surface area (Å²) in [6, 6.07) is 0.428. The number of amides is 1. The average molecular weight is 256 g/mol. The van der Waals surface area contributed by atoms with Crippen molar-refractivity contribution >= 4 is 5.91 Å². The maximum atomic E-state index is 12.0. The van der Waals surface area contributed by atoms with E-state index in [1.807, 2.05) is 32.6 Å². The third-order valence-corrected chi connectivity index (χ3v) is 3.65. The van der Waals surface area contributed by atoms with Crippen molar-refractivity contribution in [1.29, 1.82) is 0 Å². The summed E-state index contributed by atoms with van der Waals surface area (Å²) in [5, 5.41) is 0. The zero-order valence-electron chi connectivity index (χ0n) is 12.5. The van der Waals surface area contributed by atoms with Crippen LogP contribution in [0, 0.1) is 0 Å². The number of morpholine rings is 1. The van der Waals surface area contributed by atoms with E-state index in [0.717, 1.165) is 32.5 Å². The van der Waals surface area contributed by atoms with Crippen molar-refractivity contribution in [1.82, 2.24) is 9.80 Å². The van der Waals surface area contributed by atoms with Crippen LogP contribution in [-0.4, -0.2) is 60.6 Å². The van der Waals surface area contributed by atoms with E-state index in [9.17, 15) is 4.79 Å². The van der Waals surface area contributed by atoms with Crippen LogP contribution in [0.25, 0.3) is 0 Å². The number of carbonyl (C=O) groups is 1. The SMILES string of the molecule is CC.CC1CN(C2CCN(C)CC2)C(=O)C(C)O1. The summed E-state index contributed by atoms with van der Waals surface area (Å²) in [5.41, 5.74) is 0. The average Bonchev–Trinajstić information content (AvgIpc) is 2.37. The first kappa shape index (κ1) is 15.4. The van der Waals surface area contributed by atoms with E-state index >= 15 is 0 Å². The van der Waals surface area contributed by atoms with E-state index in [2.05, 4.69) is 11.9 Å². The van der Waals surface area contributed by atoms with Crippen LogP contribution in [0.2, 0.25) is 0 Å². The topological polar surface area (TPSA) is 32.8 Å². The Morgan fingerprint density at radius 1 is 1.17 bits per heavy atom. The number of piperidine rings is 1. The van der Waals surface area contributed by atoms with Crippen LogP contribution in [0.1, 0.15) is 40.5 Å². The Kier molecular flexibility index (Phi) is 6.09. The van der Waals surface area contributed by atoms with E-state index in [1.165, 1.54) is 0 Å². The van der Waals surface area contributed by atoms with Crippen molar-refractivity contribution < 1.29 is 9.53 Å². The van der Waals surface area contributed by atoms with E-state index in [0.29, 0.717) is 6.04 Å². The predicted molar refractivity (Wildman–Crippen MR) is 73.6 cm³/mol. The van der Waals surface area contributed by atoms with Crippen molar-refractivity contribution in [3.05, 3.63) is 0 Å². The third kappa shape index (κ3) is 3.69. The van der Waals surface area contributed by atoms with E-state index in [-0.39, 0.29) is 18.1 Å². The molecule has 0 aromatic rings. The molecule has 2 atom stereocenters. The smallest absolute Gasteiger partial charge is 0.251 e. The number of nitrogens with zero attached hydrogens (tertiary/aromatic N) is 2. The molecule has 2 saturated heterocycles. The van der Waals surface area contributed by atoms with Gasteiger partial charge in [0.1, 0.15) is 6.10 Å². The lowest BCUT2D eigenvalue weighted by atomic mass is 10.0. The molecule has 0 bridgehead atoms. The van der Waals surface area contributed by atoms with Gasteiger partial charge in [0.25, 0.3) is 5.91 Å². The summed E-state index contributed by atoms with van der Waals surface area (Å²) < 4.78 is 5.54. The molecule has 0 radical (unpaired) electrons. The second-order valence-corrected chi connectivity index (χ2v) is 5.11. The van der Waals surface area contributed by atoms with Crippen molar-refractivity contribution in [3.63, 3.8) is 0 Å². The number of ether oxygens (including phenoxy) is 1. The summed E-state index contributed by atoms with van der Waals surface area (Å²) in [7, 11) is 2.14. The lowest BCUT2D eigenvalue weighted by molar-refractivity contribution is -0.163. The molecule has 2 fully saturated rings. The Morgan fingerprint density at radius 3 is 2.28 bits per heavy atom. The first-order valence-electron chi connectivity index (χ1n) is 7.22. The van der Waals surface area contributed by atoms with Crippen LogP contribution in [0.3, 0.4) is 0 Å². The number of carbonyl (C=O) groups excluding carboxylic acids is 1. The summed E-state index contributed by atoms with van der Waals surface area (Å²) in [6.45, 7) is 10.9. The van der Waals surface area contributed by atoms with Crippen LogP contribution >= 0.6 is 0 Å². The van der Waals surface area contributed by atoms with Crippen LogP contribution in [0.4, 0.5) is 0 Å². The molecule has 106 valence electrons. The fourth-order valence-corrected chi connectivity index (χ4v) is 2.69. The van der Waals surface area contributed by atoms with Crippen molar-refractivity contribution in [2.75, 3.05) is 26.7 Å². The Morgan fingerprint density at radius 2 is 1.72 bits per heavy atom. The van der Waals surface area contributed by atoms with Crippen molar-refractivity contribution in [3.8, 4) is 0 Å². The monoisotopic (exact) mass is 256 g/mol. The van der Waals surface area contributed by atoms with Crippen LogP contribution in [0.5, 0.6) is 0 Å². The summed E-state index contributed by atoms with van der Waals surface area (Å²) >= 11 is 0. The highest BCUT2D eigenvalue weighted by Gasteiger charge is 2.35. The number of likely N-dealkylation sites (tertiary alicyclic amines) is 1. The summed E-state index contributed by atoms with van der Waals surface area (Å²) in [4.78, 5) is 16.4. The van der Waals surface area contributed by atoms with E-state index in [4.69, 9.17) is 4.74 Å². The fraction of sp³-hybridized carbons (Fsp3) is 0.929. The standard InChI is InChI=1S/C12H22N2O2.C2H6/c1-9-8-14(12(15)10(2)16-9)11-4-6-13(3)7-5-11;1-2/h9-11H,4-8H2,1-3H3;1-2H3. The van der Waals surface area contributed by atoms with Crippen molar-refractivity contribution in [2.45, 2.75) is 58.8 Å². The molecule has 0 N–H and O–H groups in total. The number of hydrogen-bond donors (Lipinski definition) is 0. The molecule has 18 heavy (non-hydrogen) atoms.